The maximum atomic E-state index is 10.6. The van der Waals surface area contributed by atoms with Crippen LogP contribution in [0.3, 0.4) is 0 Å². The van der Waals surface area contributed by atoms with Crippen molar-refractivity contribution in [3.8, 4) is 11.1 Å². The molecule has 1 heterocycles. The lowest BCUT2D eigenvalue weighted by Gasteiger charge is -2.09. The molecular formula is C17H13ClN2O2. The molecule has 0 spiro atoms. The number of aromatic nitrogens is 1. The first kappa shape index (κ1) is 14.4. The van der Waals surface area contributed by atoms with E-state index < -0.39 is 6.09 Å². The number of carboxylic acid groups (broad SMARTS) is 1. The van der Waals surface area contributed by atoms with E-state index in [1.54, 1.807) is 12.3 Å². The van der Waals surface area contributed by atoms with Gasteiger partial charge in [0.1, 0.15) is 5.82 Å². The third-order valence-electron chi connectivity index (χ3n) is 3.47. The zero-order chi connectivity index (χ0) is 15.7. The molecule has 0 saturated heterocycles. The molecule has 3 rings (SSSR count). The highest BCUT2D eigenvalue weighted by Crippen LogP contribution is 2.29. The van der Waals surface area contributed by atoms with Crippen molar-refractivity contribution in [2.75, 3.05) is 5.32 Å². The Balaban J connectivity index is 2.06. The summed E-state index contributed by atoms with van der Waals surface area (Å²) in [6.45, 7) is 2.04. The highest BCUT2D eigenvalue weighted by Gasteiger charge is 2.06. The third kappa shape index (κ3) is 2.87. The zero-order valence-electron chi connectivity index (χ0n) is 11.8. The third-order valence-corrected chi connectivity index (χ3v) is 3.70. The van der Waals surface area contributed by atoms with Gasteiger partial charge in [-0.3, -0.25) is 5.32 Å². The molecule has 0 radical (unpaired) electrons. The number of carbonyl (C=O) groups is 1. The summed E-state index contributed by atoms with van der Waals surface area (Å²) < 4.78 is 0. The van der Waals surface area contributed by atoms with Crippen LogP contribution in [0.25, 0.3) is 21.9 Å². The van der Waals surface area contributed by atoms with Gasteiger partial charge in [0.2, 0.25) is 0 Å². The topological polar surface area (TPSA) is 62.2 Å². The number of hydrogen-bond acceptors (Lipinski definition) is 2. The normalized spacial score (nSPS) is 10.6. The fraction of sp³-hybridized carbons (Fsp3) is 0.0588. The first-order chi connectivity index (χ1) is 10.5. The molecule has 0 fully saturated rings. The molecule has 0 unspecified atom stereocenters. The molecule has 22 heavy (non-hydrogen) atoms. The number of fused-ring (bicyclic) bond motifs is 1. The summed E-state index contributed by atoms with van der Waals surface area (Å²) in [4.78, 5) is 14.8. The van der Waals surface area contributed by atoms with Crippen molar-refractivity contribution in [1.29, 1.82) is 0 Å². The van der Waals surface area contributed by atoms with Crippen molar-refractivity contribution >= 4 is 34.3 Å². The van der Waals surface area contributed by atoms with Gasteiger partial charge < -0.3 is 5.11 Å². The fourth-order valence-corrected chi connectivity index (χ4v) is 2.56. The molecule has 110 valence electrons. The van der Waals surface area contributed by atoms with E-state index in [-0.39, 0.29) is 0 Å². The lowest BCUT2D eigenvalue weighted by atomic mass is 9.98. The lowest BCUT2D eigenvalue weighted by molar-refractivity contribution is 0.209. The standard InChI is InChI=1S/C17H13ClN2O2/c1-10-2-5-14(18)8-15(10)12-4-3-11-7-16(20-17(21)22)19-9-13(11)6-12/h2-9H,1H3,(H,19,20)(H,21,22). The van der Waals surface area contributed by atoms with Crippen LogP contribution in [0.15, 0.2) is 48.7 Å². The summed E-state index contributed by atoms with van der Waals surface area (Å²) in [5.41, 5.74) is 3.26. The van der Waals surface area contributed by atoms with E-state index in [2.05, 4.69) is 10.3 Å². The molecule has 0 aliphatic heterocycles. The Morgan fingerprint density at radius 3 is 2.73 bits per heavy atom. The van der Waals surface area contributed by atoms with Gasteiger partial charge in [-0.2, -0.15) is 0 Å². The van der Waals surface area contributed by atoms with Crippen molar-refractivity contribution in [3.05, 3.63) is 59.2 Å². The number of hydrogen-bond donors (Lipinski definition) is 2. The molecule has 2 N–H and O–H groups in total. The Kier molecular flexibility index (Phi) is 3.69. The van der Waals surface area contributed by atoms with Gasteiger partial charge in [0.15, 0.2) is 0 Å². The Morgan fingerprint density at radius 2 is 1.95 bits per heavy atom. The maximum absolute atomic E-state index is 10.6. The summed E-state index contributed by atoms with van der Waals surface area (Å²) in [7, 11) is 0. The van der Waals surface area contributed by atoms with Crippen LogP contribution in [0.5, 0.6) is 0 Å². The number of aryl methyl sites for hydroxylation is 1. The minimum Gasteiger partial charge on any atom is -0.465 e. The van der Waals surface area contributed by atoms with E-state index in [0.29, 0.717) is 10.8 Å². The van der Waals surface area contributed by atoms with Gasteiger partial charge in [-0.1, -0.05) is 29.8 Å². The van der Waals surface area contributed by atoms with Crippen LogP contribution >= 0.6 is 11.6 Å². The fourth-order valence-electron chi connectivity index (χ4n) is 2.39. The average molecular weight is 313 g/mol. The van der Waals surface area contributed by atoms with E-state index in [9.17, 15) is 4.79 Å². The van der Waals surface area contributed by atoms with Crippen molar-refractivity contribution < 1.29 is 9.90 Å². The van der Waals surface area contributed by atoms with E-state index in [4.69, 9.17) is 16.7 Å². The summed E-state index contributed by atoms with van der Waals surface area (Å²) in [6, 6.07) is 13.5. The van der Waals surface area contributed by atoms with Gasteiger partial charge in [0.25, 0.3) is 0 Å². The van der Waals surface area contributed by atoms with Crippen molar-refractivity contribution in [2.24, 2.45) is 0 Å². The van der Waals surface area contributed by atoms with E-state index in [1.807, 2.05) is 43.3 Å². The summed E-state index contributed by atoms with van der Waals surface area (Å²) in [6.07, 6.45) is 0.530. The number of pyridine rings is 1. The SMILES string of the molecule is Cc1ccc(Cl)cc1-c1ccc2cc(NC(=O)O)ncc2c1. The number of rotatable bonds is 2. The van der Waals surface area contributed by atoms with Crippen LogP contribution in [-0.4, -0.2) is 16.2 Å². The first-order valence-corrected chi connectivity index (χ1v) is 7.07. The van der Waals surface area contributed by atoms with Gasteiger partial charge in [0, 0.05) is 16.6 Å². The molecule has 0 atom stereocenters. The Bertz CT molecular complexity index is 878. The Morgan fingerprint density at radius 1 is 1.14 bits per heavy atom. The molecule has 2 aromatic carbocycles. The zero-order valence-corrected chi connectivity index (χ0v) is 12.6. The number of amides is 1. The monoisotopic (exact) mass is 312 g/mol. The predicted octanol–water partition coefficient (Wildman–Crippen LogP) is 4.95. The molecular weight excluding hydrogens is 300 g/mol. The van der Waals surface area contributed by atoms with Gasteiger partial charge >= 0.3 is 6.09 Å². The van der Waals surface area contributed by atoms with Crippen LogP contribution in [0.4, 0.5) is 10.6 Å². The highest BCUT2D eigenvalue weighted by atomic mass is 35.5. The van der Waals surface area contributed by atoms with E-state index in [1.165, 1.54) is 0 Å². The lowest BCUT2D eigenvalue weighted by Crippen LogP contribution is -2.08. The first-order valence-electron chi connectivity index (χ1n) is 6.69. The molecule has 1 amide bonds. The number of halogens is 1. The molecule has 0 saturated carbocycles. The second-order valence-corrected chi connectivity index (χ2v) is 5.46. The smallest absolute Gasteiger partial charge is 0.410 e. The minimum absolute atomic E-state index is 0.312. The largest absolute Gasteiger partial charge is 0.465 e. The van der Waals surface area contributed by atoms with E-state index >= 15 is 0 Å². The number of benzene rings is 2. The van der Waals surface area contributed by atoms with Crippen molar-refractivity contribution in [2.45, 2.75) is 6.92 Å². The van der Waals surface area contributed by atoms with Crippen LogP contribution in [-0.2, 0) is 0 Å². The van der Waals surface area contributed by atoms with E-state index in [0.717, 1.165) is 27.5 Å². The van der Waals surface area contributed by atoms with Crippen LogP contribution in [0.1, 0.15) is 5.56 Å². The molecule has 4 nitrogen and oxygen atoms in total. The Hall–Kier alpha value is -2.59. The summed E-state index contributed by atoms with van der Waals surface area (Å²) >= 11 is 6.08. The van der Waals surface area contributed by atoms with Gasteiger partial charge in [0.05, 0.1) is 0 Å². The molecule has 0 aliphatic carbocycles. The van der Waals surface area contributed by atoms with Crippen molar-refractivity contribution in [1.82, 2.24) is 4.98 Å². The summed E-state index contributed by atoms with van der Waals surface area (Å²) in [5, 5.41) is 13.5. The number of anilines is 1. The Labute approximate surface area is 132 Å². The highest BCUT2D eigenvalue weighted by molar-refractivity contribution is 6.30. The second kappa shape index (κ2) is 5.66. The number of nitrogens with one attached hydrogen (secondary N) is 1. The average Bonchev–Trinajstić information content (AvgIpc) is 2.48. The predicted molar refractivity (Wildman–Crippen MR) is 88.6 cm³/mol. The number of nitrogens with zero attached hydrogens (tertiary/aromatic N) is 1. The van der Waals surface area contributed by atoms with Gasteiger partial charge in [-0.15, -0.1) is 0 Å². The van der Waals surface area contributed by atoms with Gasteiger partial charge in [-0.05, 0) is 53.3 Å². The maximum Gasteiger partial charge on any atom is 0.410 e. The molecule has 3 aromatic rings. The van der Waals surface area contributed by atoms with Crippen LogP contribution < -0.4 is 5.32 Å². The quantitative estimate of drug-likeness (QED) is 0.703. The van der Waals surface area contributed by atoms with Gasteiger partial charge in [-0.25, -0.2) is 9.78 Å². The van der Waals surface area contributed by atoms with Crippen LogP contribution in [0.2, 0.25) is 5.02 Å². The van der Waals surface area contributed by atoms with Crippen molar-refractivity contribution in [3.63, 3.8) is 0 Å². The molecule has 0 bridgehead atoms. The molecule has 5 heteroatoms. The van der Waals surface area contributed by atoms with Crippen LogP contribution in [0, 0.1) is 6.92 Å². The minimum atomic E-state index is -1.13. The molecule has 0 aliphatic rings. The second-order valence-electron chi connectivity index (χ2n) is 5.02. The molecule has 1 aromatic heterocycles. The summed E-state index contributed by atoms with van der Waals surface area (Å²) in [5.74, 6) is 0.312.